The monoisotopic (exact) mass is 619 g/mol. The van der Waals surface area contributed by atoms with Gasteiger partial charge < -0.3 is 27.9 Å². The molecule has 0 rings (SSSR count). The molecular weight excluding hydrogens is 557 g/mol. The summed E-state index contributed by atoms with van der Waals surface area (Å²) in [6.45, 7) is 3.99. The summed E-state index contributed by atoms with van der Waals surface area (Å²) in [6, 6.07) is 0. The van der Waals surface area contributed by atoms with Crippen LogP contribution in [0.25, 0.3) is 0 Å². The lowest BCUT2D eigenvalue weighted by atomic mass is 10.1. The molecule has 42 heavy (non-hydrogen) atoms. The van der Waals surface area contributed by atoms with Crippen molar-refractivity contribution < 1.29 is 42.1 Å². The molecule has 0 aromatic carbocycles. The standard InChI is InChI=1S/C32H62NO8P/c1-6-8-10-11-12-13-14-15-16-17-18-19-20-21-23-25-32(35)41-30(28-38-31(34)24-22-9-7-2)29-40-42(36,37)39-27-26-33(3,4)5/h15-16,30H,6-14,17-29H2,1-5H3/b16-15-. The number of nitrogens with zero attached hydrogens (tertiary/aromatic N) is 1. The van der Waals surface area contributed by atoms with Gasteiger partial charge in [0.15, 0.2) is 6.10 Å². The number of phosphoric ester groups is 1. The molecule has 0 radical (unpaired) electrons. The Labute approximate surface area is 256 Å². The molecule has 0 saturated heterocycles. The van der Waals surface area contributed by atoms with Gasteiger partial charge in [-0.1, -0.05) is 90.2 Å². The normalized spacial score (nSPS) is 14.1. The van der Waals surface area contributed by atoms with E-state index < -0.39 is 32.5 Å². The summed E-state index contributed by atoms with van der Waals surface area (Å²) in [7, 11) is 1.16. The molecular formula is C32H62NO8P. The first-order valence-corrected chi connectivity index (χ1v) is 17.9. The van der Waals surface area contributed by atoms with Crippen molar-refractivity contribution in [1.29, 1.82) is 0 Å². The van der Waals surface area contributed by atoms with Crippen LogP contribution in [-0.4, -0.2) is 70.0 Å². The molecule has 0 aromatic rings. The summed E-state index contributed by atoms with van der Waals surface area (Å²) < 4.78 is 33.3. The summed E-state index contributed by atoms with van der Waals surface area (Å²) >= 11 is 0. The van der Waals surface area contributed by atoms with Gasteiger partial charge in [-0.15, -0.1) is 0 Å². The van der Waals surface area contributed by atoms with Crippen LogP contribution >= 0.6 is 7.82 Å². The van der Waals surface area contributed by atoms with Crippen LogP contribution in [0.3, 0.4) is 0 Å². The fraction of sp³-hybridized carbons (Fsp3) is 0.875. The van der Waals surface area contributed by atoms with E-state index in [1.807, 2.05) is 28.1 Å². The van der Waals surface area contributed by atoms with Crippen LogP contribution < -0.4 is 4.89 Å². The maximum atomic E-state index is 12.4. The van der Waals surface area contributed by atoms with E-state index in [9.17, 15) is 19.0 Å². The number of hydrogen-bond acceptors (Lipinski definition) is 8. The number of esters is 2. The Morgan fingerprint density at radius 3 is 1.81 bits per heavy atom. The van der Waals surface area contributed by atoms with Gasteiger partial charge in [-0.2, -0.15) is 0 Å². The zero-order valence-electron chi connectivity index (χ0n) is 27.4. The van der Waals surface area contributed by atoms with Gasteiger partial charge in [0, 0.05) is 12.8 Å². The Kier molecular flexibility index (Phi) is 25.4. The average Bonchev–Trinajstić information content (AvgIpc) is 2.91. The Morgan fingerprint density at radius 2 is 1.21 bits per heavy atom. The van der Waals surface area contributed by atoms with Crippen LogP contribution in [0.5, 0.6) is 0 Å². The second-order valence-electron chi connectivity index (χ2n) is 12.2. The molecule has 2 unspecified atom stereocenters. The summed E-state index contributed by atoms with van der Waals surface area (Å²) in [4.78, 5) is 36.6. The van der Waals surface area contributed by atoms with E-state index in [1.165, 1.54) is 44.9 Å². The van der Waals surface area contributed by atoms with E-state index >= 15 is 0 Å². The molecule has 0 spiro atoms. The lowest BCUT2D eigenvalue weighted by Crippen LogP contribution is -2.37. The quantitative estimate of drug-likeness (QED) is 0.0283. The van der Waals surface area contributed by atoms with Crippen molar-refractivity contribution in [3.63, 3.8) is 0 Å². The first-order chi connectivity index (χ1) is 20.0. The molecule has 0 aliphatic rings. The Balaban J connectivity index is 4.32. The van der Waals surface area contributed by atoms with Gasteiger partial charge in [-0.25, -0.2) is 0 Å². The van der Waals surface area contributed by atoms with Crippen molar-refractivity contribution in [3.05, 3.63) is 12.2 Å². The number of phosphoric acid groups is 1. The van der Waals surface area contributed by atoms with Crippen molar-refractivity contribution in [3.8, 4) is 0 Å². The Bertz CT molecular complexity index is 753. The lowest BCUT2D eigenvalue weighted by molar-refractivity contribution is -0.870. The topological polar surface area (TPSA) is 111 Å². The number of rotatable bonds is 29. The van der Waals surface area contributed by atoms with Crippen molar-refractivity contribution in [2.75, 3.05) is 47.5 Å². The third-order valence-electron chi connectivity index (χ3n) is 6.79. The van der Waals surface area contributed by atoms with Crippen molar-refractivity contribution in [2.45, 2.75) is 136 Å². The summed E-state index contributed by atoms with van der Waals surface area (Å²) in [5.74, 6) is -0.874. The number of allylic oxidation sites excluding steroid dienone is 2. The molecule has 2 atom stereocenters. The van der Waals surface area contributed by atoms with Crippen LogP contribution in [0.2, 0.25) is 0 Å². The highest BCUT2D eigenvalue weighted by Crippen LogP contribution is 2.38. The maximum Gasteiger partial charge on any atom is 0.306 e. The zero-order chi connectivity index (χ0) is 31.5. The second-order valence-corrected chi connectivity index (χ2v) is 13.6. The van der Waals surface area contributed by atoms with Crippen LogP contribution in [0.1, 0.15) is 129 Å². The van der Waals surface area contributed by atoms with Gasteiger partial charge >= 0.3 is 11.9 Å². The van der Waals surface area contributed by atoms with Gasteiger partial charge in [0.1, 0.15) is 19.8 Å². The maximum absolute atomic E-state index is 12.4. The third kappa shape index (κ3) is 28.9. The van der Waals surface area contributed by atoms with E-state index in [4.69, 9.17) is 18.5 Å². The van der Waals surface area contributed by atoms with Gasteiger partial charge in [0.25, 0.3) is 7.82 Å². The van der Waals surface area contributed by atoms with Crippen LogP contribution in [0, 0.1) is 0 Å². The Morgan fingerprint density at radius 1 is 0.714 bits per heavy atom. The number of quaternary nitrogens is 1. The SMILES string of the molecule is CCCCCCCC/C=C\CCCCCCCC(=O)OC(COC(=O)CCCCC)COP(=O)([O-])OCC[N+](C)(C)C. The third-order valence-corrected chi connectivity index (χ3v) is 7.75. The Hall–Kier alpha value is -1.25. The van der Waals surface area contributed by atoms with Crippen molar-refractivity contribution in [2.24, 2.45) is 0 Å². The van der Waals surface area contributed by atoms with Crippen LogP contribution in [0.15, 0.2) is 12.2 Å². The van der Waals surface area contributed by atoms with E-state index in [0.717, 1.165) is 44.9 Å². The number of carbonyl (C=O) groups is 2. The van der Waals surface area contributed by atoms with Gasteiger partial charge in [-0.3, -0.25) is 14.2 Å². The average molecular weight is 620 g/mol. The molecule has 0 bridgehead atoms. The van der Waals surface area contributed by atoms with Crippen molar-refractivity contribution >= 4 is 19.8 Å². The zero-order valence-corrected chi connectivity index (χ0v) is 28.3. The minimum Gasteiger partial charge on any atom is -0.756 e. The smallest absolute Gasteiger partial charge is 0.306 e. The number of likely N-dealkylation sites (N-methyl/N-ethyl adjacent to an activating group) is 1. The fourth-order valence-electron chi connectivity index (χ4n) is 4.12. The first-order valence-electron chi connectivity index (χ1n) is 16.4. The minimum absolute atomic E-state index is 0.0311. The van der Waals surface area contributed by atoms with E-state index in [1.54, 1.807) is 0 Å². The molecule has 0 fully saturated rings. The molecule has 248 valence electrons. The molecule has 0 heterocycles. The number of carbonyl (C=O) groups excluding carboxylic acids is 2. The fourth-order valence-corrected chi connectivity index (χ4v) is 4.85. The lowest BCUT2D eigenvalue weighted by Gasteiger charge is -2.28. The van der Waals surface area contributed by atoms with Gasteiger partial charge in [-0.05, 0) is 38.5 Å². The summed E-state index contributed by atoms with van der Waals surface area (Å²) in [6.07, 6.45) is 21.8. The van der Waals surface area contributed by atoms with Gasteiger partial charge in [0.05, 0.1) is 27.7 Å². The predicted molar refractivity (Wildman–Crippen MR) is 167 cm³/mol. The van der Waals surface area contributed by atoms with Crippen molar-refractivity contribution in [1.82, 2.24) is 0 Å². The summed E-state index contributed by atoms with van der Waals surface area (Å²) in [5.41, 5.74) is 0. The van der Waals surface area contributed by atoms with Crippen LogP contribution in [-0.2, 0) is 32.7 Å². The van der Waals surface area contributed by atoms with Gasteiger partial charge in [0.2, 0.25) is 0 Å². The predicted octanol–water partition coefficient (Wildman–Crippen LogP) is 7.27. The number of hydrogen-bond donors (Lipinski definition) is 0. The molecule has 0 N–H and O–H groups in total. The summed E-state index contributed by atoms with van der Waals surface area (Å²) in [5, 5.41) is 0. The minimum atomic E-state index is -4.60. The highest BCUT2D eigenvalue weighted by atomic mass is 31.2. The van der Waals surface area contributed by atoms with Crippen LogP contribution in [0.4, 0.5) is 0 Å². The highest BCUT2D eigenvalue weighted by molar-refractivity contribution is 7.45. The number of unbranched alkanes of at least 4 members (excludes halogenated alkanes) is 13. The highest BCUT2D eigenvalue weighted by Gasteiger charge is 2.21. The first kappa shape index (κ1) is 40.8. The molecule has 0 aliphatic carbocycles. The van der Waals surface area contributed by atoms with E-state index in [0.29, 0.717) is 23.9 Å². The molecule has 0 aliphatic heterocycles. The molecule has 0 aromatic heterocycles. The molecule has 0 amide bonds. The largest absolute Gasteiger partial charge is 0.756 e. The molecule has 9 nitrogen and oxygen atoms in total. The van der Waals surface area contributed by atoms with E-state index in [2.05, 4.69) is 19.1 Å². The second kappa shape index (κ2) is 26.2. The number of ether oxygens (including phenoxy) is 2. The van der Waals surface area contributed by atoms with E-state index in [-0.39, 0.29) is 26.1 Å². The molecule has 0 saturated carbocycles. The molecule has 10 heteroatoms.